The Hall–Kier alpha value is -8.49. The lowest BCUT2D eigenvalue weighted by molar-refractivity contribution is -0.408. The van der Waals surface area contributed by atoms with Crippen molar-refractivity contribution in [3.63, 3.8) is 0 Å². The van der Waals surface area contributed by atoms with Crippen molar-refractivity contribution in [2.75, 3.05) is 26.4 Å². The van der Waals surface area contributed by atoms with Gasteiger partial charge >= 0.3 is 49.9 Å². The van der Waals surface area contributed by atoms with Crippen molar-refractivity contribution < 1.29 is 125 Å². The number of rotatable bonds is 36. The number of aliphatic hydroxyl groups excluding tert-OH is 1. The van der Waals surface area contributed by atoms with E-state index in [9.17, 15) is 59.8 Å². The predicted octanol–water partition coefficient (Wildman–Crippen LogP) is 17.4. The van der Waals surface area contributed by atoms with Crippen LogP contribution in [0.2, 0.25) is 0 Å². The van der Waals surface area contributed by atoms with Crippen LogP contribution in [0.3, 0.4) is 0 Å². The lowest BCUT2D eigenvalue weighted by atomic mass is 10.0. The van der Waals surface area contributed by atoms with Gasteiger partial charge in [0.25, 0.3) is 0 Å². The van der Waals surface area contributed by atoms with Crippen molar-refractivity contribution in [1.29, 1.82) is 0 Å². The average molecular weight is 1810 g/mol. The lowest BCUT2D eigenvalue weighted by Gasteiger charge is -2.26. The van der Waals surface area contributed by atoms with E-state index in [4.69, 9.17) is 65.4 Å². The van der Waals surface area contributed by atoms with E-state index in [1.165, 1.54) is 24.3 Å². The van der Waals surface area contributed by atoms with Crippen LogP contribution in [0.15, 0.2) is 182 Å². The molecular formula is C87H119Cl4F5N4O18P2. The van der Waals surface area contributed by atoms with E-state index < -0.39 is 108 Å². The van der Waals surface area contributed by atoms with Crippen molar-refractivity contribution in [1.82, 2.24) is 15.7 Å². The molecule has 0 aliphatic heterocycles. The Labute approximate surface area is 725 Å². The Bertz CT molecular complexity index is 4110. The fourth-order valence-corrected chi connectivity index (χ4v) is 12.3. The van der Waals surface area contributed by atoms with Crippen LogP contribution in [0.25, 0.3) is 0 Å². The van der Waals surface area contributed by atoms with Gasteiger partial charge in [-0.3, -0.25) is 4.79 Å². The van der Waals surface area contributed by atoms with E-state index in [0.717, 1.165) is 61.6 Å². The van der Waals surface area contributed by atoms with E-state index in [2.05, 4.69) is 53.7 Å². The number of halogens is 9. The number of para-hydroxylation sites is 2. The molecule has 7 aromatic rings. The van der Waals surface area contributed by atoms with Crippen LogP contribution in [0.4, 0.5) is 31.5 Å². The van der Waals surface area contributed by atoms with Gasteiger partial charge in [0, 0.05) is 48.4 Å². The minimum absolute atomic E-state index is 0. The highest BCUT2D eigenvalue weighted by Gasteiger charge is 2.40. The Kier molecular flexibility index (Phi) is 55.1. The molecule has 0 radical (unpaired) electrons. The Morgan fingerprint density at radius 2 is 0.742 bits per heavy atom. The number of ether oxygens (including phenoxy) is 5. The van der Waals surface area contributed by atoms with Crippen LogP contribution < -0.4 is 47.4 Å². The Morgan fingerprint density at radius 1 is 0.433 bits per heavy atom. The maximum Gasteiger partial charge on any atom is 0.513 e. The monoisotopic (exact) mass is 1800 g/mol. The maximum atomic E-state index is 14.5. The molecule has 8 N–H and O–H groups in total. The molecule has 0 spiro atoms. The van der Waals surface area contributed by atoms with E-state index in [-0.39, 0.29) is 73.9 Å². The highest BCUT2D eigenvalue weighted by molar-refractivity contribution is 8.05. The second-order valence-electron chi connectivity index (χ2n) is 29.2. The number of hydrogen-bond donors (Lipinski definition) is 6. The molecule has 668 valence electrons. The number of carboxylic acid groups (broad SMARTS) is 1. The van der Waals surface area contributed by atoms with Gasteiger partial charge in [-0.2, -0.15) is 13.9 Å². The molecule has 0 aliphatic rings. The standard InChI is InChI=1S/C27H27F5NO5P.C19H29NO4.C15H23NO2.C14H19NO4.C6H5Cl2O2P.C6H14O.2ClH/c1-3-17(4-2)16-36-27(34)20(15-18-11-7-5-8-12-18)33-39(35,37-19-13-9-6-10-14-19)38-26-24(31)22(29)21(28)23(30)25(26)32;1-6-14(2)13-23-17(21)16(12-15-10-8-7-9-11-15)20-18(22)24-19(3,4)5;1-3-12(4-2)11-18-15(17)14(16)10-13-8-6-5-7-9-13;1-14(2,3)19-13(18)15-11(12(16)17)9-10-7-5-4-6-8-10;7-11(8,9)10-6-4-2-1-3-5-6;1-3-6(4-2)5-7;;/h5-14,17,20H,3-4,15-16H2,1-2H3,(H,33,35);7-11,14,16H,6,12-13H2,1-5H3,(H,20,22);5-9,12,14H,3-4,10-11,16H2,1-2H3;4-8,11H,9H2,1-3H3,(H,15,18)(H,16,17);1-5H;6-7H,3-5H2,1-2H3;2*1H/t20-,39-;14?,16-;14-;11-;;;;/m0000..../s1. The van der Waals surface area contributed by atoms with Gasteiger partial charge in [-0.05, 0) is 118 Å². The lowest BCUT2D eigenvalue weighted by Crippen LogP contribution is -3.00. The molecule has 0 fully saturated rings. The topological polar surface area (TPSA) is 315 Å². The fraction of sp³-hybridized carbons (Fsp3) is 0.448. The molecule has 7 rings (SSSR count). The van der Waals surface area contributed by atoms with Gasteiger partial charge in [0.1, 0.15) is 40.8 Å². The predicted molar refractivity (Wildman–Crippen MR) is 455 cm³/mol. The van der Waals surface area contributed by atoms with E-state index in [1.807, 2.05) is 119 Å². The third-order valence-electron chi connectivity index (χ3n) is 17.2. The van der Waals surface area contributed by atoms with Gasteiger partial charge in [0.05, 0.1) is 19.8 Å². The third-order valence-corrected chi connectivity index (χ3v) is 19.6. The smallest absolute Gasteiger partial charge is 0.513 e. The van der Waals surface area contributed by atoms with Crippen LogP contribution in [0.1, 0.15) is 164 Å². The first kappa shape index (κ1) is 112. The number of alkyl carbamates (subject to hydrolysis) is 2. The van der Waals surface area contributed by atoms with E-state index in [0.29, 0.717) is 55.8 Å². The number of aliphatic carboxylic acids is 1. The number of hydrogen-bond acceptors (Lipinski definition) is 17. The minimum atomic E-state index is -5.07. The summed E-state index contributed by atoms with van der Waals surface area (Å²) in [5.41, 5.74) is 6.10. The van der Waals surface area contributed by atoms with Crippen molar-refractivity contribution in [3.8, 4) is 17.2 Å². The van der Waals surface area contributed by atoms with Gasteiger partial charge < -0.3 is 76.2 Å². The summed E-state index contributed by atoms with van der Waals surface area (Å²) in [4.78, 5) is 72.0. The second kappa shape index (κ2) is 59.3. The number of esters is 3. The summed E-state index contributed by atoms with van der Waals surface area (Å²) in [7, 11) is -5.07. The number of carbonyl (C=O) groups is 6. The Morgan fingerprint density at radius 3 is 1.07 bits per heavy atom. The maximum absolute atomic E-state index is 14.5. The number of amides is 2. The summed E-state index contributed by atoms with van der Waals surface area (Å²) in [6.45, 7) is 28.1. The molecule has 0 saturated heterocycles. The Balaban J connectivity index is 0.00000152. The second-order valence-corrected chi connectivity index (χ2v) is 35.0. The molecule has 22 nitrogen and oxygen atoms in total. The molecule has 1 unspecified atom stereocenters. The molecule has 0 aromatic heterocycles. The third kappa shape index (κ3) is 47.6. The number of carboxylic acids is 1. The summed E-state index contributed by atoms with van der Waals surface area (Å²) in [6, 6.07) is 49.1. The van der Waals surface area contributed by atoms with Gasteiger partial charge in [0.15, 0.2) is 6.04 Å². The largest absolute Gasteiger partial charge is 1.00 e. The molecule has 0 bridgehead atoms. The number of quaternary nitrogens is 1. The number of nitrogens with one attached hydrogen (secondary N) is 3. The van der Waals surface area contributed by atoms with Crippen molar-refractivity contribution in [3.05, 3.63) is 233 Å². The zero-order valence-corrected chi connectivity index (χ0v) is 75.4. The highest BCUT2D eigenvalue weighted by Crippen LogP contribution is 2.57. The molecule has 0 saturated carbocycles. The first-order valence-corrected chi connectivity index (χ1v) is 44.0. The first-order valence-electron chi connectivity index (χ1n) is 39.0. The molecule has 7 aromatic carbocycles. The van der Waals surface area contributed by atoms with Gasteiger partial charge in [-0.25, -0.2) is 46.3 Å². The van der Waals surface area contributed by atoms with Crippen LogP contribution in [-0.4, -0.2) is 108 Å². The molecule has 0 aliphatic carbocycles. The minimum Gasteiger partial charge on any atom is -1.00 e. The summed E-state index contributed by atoms with van der Waals surface area (Å²) >= 11 is 10.3. The van der Waals surface area contributed by atoms with Gasteiger partial charge in [0.2, 0.25) is 34.8 Å². The van der Waals surface area contributed by atoms with E-state index >= 15 is 0 Å². The van der Waals surface area contributed by atoms with Gasteiger partial charge in [-0.15, -0.1) is 12.4 Å². The molecular weight excluding hydrogens is 1690 g/mol. The summed E-state index contributed by atoms with van der Waals surface area (Å²) in [5.74, 6) is -14.6. The van der Waals surface area contributed by atoms with Crippen molar-refractivity contribution in [2.45, 2.75) is 203 Å². The molecule has 33 heteroatoms. The quantitative estimate of drug-likeness (QED) is 0.00531. The summed E-state index contributed by atoms with van der Waals surface area (Å²) < 4.78 is 136. The average Bonchev–Trinajstić information content (AvgIpc) is 0.779. The SMILES string of the molecule is CC(C)(C)OC(=O)N[C@@H](Cc1ccccc1)C(=O)O.CCC(C)COC(=O)[C@H](Cc1ccccc1)NC(=O)OC(C)(C)C.CCC(CC)CO.CCC(CC)COC(=O)[C@@H]([NH3+])Cc1ccccc1.CCC(CC)COC(=O)[C@H](Cc1ccccc1)N[P@](=O)(Oc1ccccc1)Oc1c(F)c(F)c(F)c(F)c1F.Cl.O=P(Cl)(Cl)Oc1ccccc1.[Cl-]. The number of carbonyl (C=O) groups excluding carboxylic acids is 5. The highest BCUT2D eigenvalue weighted by atomic mass is 35.9. The summed E-state index contributed by atoms with van der Waals surface area (Å²) in [5, 5.41) is 24.9. The van der Waals surface area contributed by atoms with Crippen LogP contribution in [0, 0.1) is 52.8 Å². The first-order chi connectivity index (χ1) is 55.7. The van der Waals surface area contributed by atoms with Crippen LogP contribution in [0.5, 0.6) is 17.2 Å². The molecule has 6 atom stereocenters. The summed E-state index contributed by atoms with van der Waals surface area (Å²) in [6.07, 6.45) is 2.97. The zero-order valence-electron chi connectivity index (χ0n) is 70.5. The van der Waals surface area contributed by atoms with Crippen LogP contribution >= 0.6 is 48.7 Å². The van der Waals surface area contributed by atoms with Crippen molar-refractivity contribution >= 4 is 84.8 Å². The van der Waals surface area contributed by atoms with E-state index in [1.54, 1.807) is 108 Å². The number of aliphatic hydroxyl groups is 1. The number of benzene rings is 7. The normalized spacial score (nSPS) is 12.6. The molecule has 120 heavy (non-hydrogen) atoms. The zero-order chi connectivity index (χ0) is 88.6. The van der Waals surface area contributed by atoms with Crippen LogP contribution in [-0.2, 0) is 77.7 Å². The molecule has 2 amide bonds. The van der Waals surface area contributed by atoms with Gasteiger partial charge in [-0.1, -0.05) is 258 Å². The molecule has 0 heterocycles. The fourth-order valence-electron chi connectivity index (χ4n) is 9.93. The van der Waals surface area contributed by atoms with Crippen molar-refractivity contribution in [2.24, 2.45) is 23.7 Å².